The highest BCUT2D eigenvalue weighted by Crippen LogP contribution is 2.11. The molecule has 0 radical (unpaired) electrons. The van der Waals surface area contributed by atoms with Crippen LogP contribution in [0.15, 0.2) is 24.3 Å². The average Bonchev–Trinajstić information content (AvgIpc) is 2.88. The molecule has 0 saturated heterocycles. The van der Waals surface area contributed by atoms with Gasteiger partial charge in [-0.1, -0.05) is 11.6 Å². The number of nitrogens with zero attached hydrogens (tertiary/aromatic N) is 5. The maximum atomic E-state index is 11.8. The lowest BCUT2D eigenvalue weighted by molar-refractivity contribution is 0.0940. The van der Waals surface area contributed by atoms with Crippen molar-refractivity contribution in [3.63, 3.8) is 0 Å². The summed E-state index contributed by atoms with van der Waals surface area (Å²) in [6.45, 7) is 1.28. The van der Waals surface area contributed by atoms with E-state index < -0.39 is 0 Å². The molecule has 0 aliphatic heterocycles. The van der Waals surface area contributed by atoms with Crippen LogP contribution in [0.25, 0.3) is 5.69 Å². The van der Waals surface area contributed by atoms with Crippen LogP contribution in [-0.4, -0.2) is 58.2 Å². The number of benzene rings is 1. The summed E-state index contributed by atoms with van der Waals surface area (Å²) in [5, 5.41) is 15.0. The molecule has 0 saturated carbocycles. The Morgan fingerprint density at radius 1 is 1.35 bits per heavy atom. The number of rotatable bonds is 5. The summed E-state index contributed by atoms with van der Waals surface area (Å²) in [7, 11) is 3.86. The summed E-state index contributed by atoms with van der Waals surface area (Å²) >= 11 is 5.80. The van der Waals surface area contributed by atoms with Gasteiger partial charge in [0.25, 0.3) is 11.7 Å². The monoisotopic (exact) mass is 294 g/mol. The quantitative estimate of drug-likeness (QED) is 0.874. The number of tetrazole rings is 1. The van der Waals surface area contributed by atoms with Gasteiger partial charge in [-0.25, -0.2) is 0 Å². The Hall–Kier alpha value is -1.99. The number of hydrogen-bond donors (Lipinski definition) is 1. The summed E-state index contributed by atoms with van der Waals surface area (Å²) in [4.78, 5) is 15.1. The van der Waals surface area contributed by atoms with E-state index >= 15 is 0 Å². The molecular weight excluding hydrogens is 280 g/mol. The Balaban J connectivity index is 2.01. The van der Waals surface area contributed by atoms with E-state index in [0.717, 1.165) is 6.54 Å². The van der Waals surface area contributed by atoms with E-state index in [1.165, 1.54) is 4.80 Å². The van der Waals surface area contributed by atoms with Gasteiger partial charge >= 0.3 is 0 Å². The Morgan fingerprint density at radius 2 is 2.05 bits per heavy atom. The van der Waals surface area contributed by atoms with Gasteiger partial charge < -0.3 is 10.2 Å². The molecule has 0 aliphatic rings. The van der Waals surface area contributed by atoms with Gasteiger partial charge in [0, 0.05) is 18.1 Å². The Kier molecular flexibility index (Phi) is 4.65. The normalized spacial score (nSPS) is 10.8. The van der Waals surface area contributed by atoms with E-state index in [2.05, 4.69) is 20.7 Å². The zero-order chi connectivity index (χ0) is 14.5. The smallest absolute Gasteiger partial charge is 0.292 e. The van der Waals surface area contributed by atoms with Crippen molar-refractivity contribution in [2.75, 3.05) is 27.2 Å². The summed E-state index contributed by atoms with van der Waals surface area (Å²) in [6.07, 6.45) is 0. The Bertz CT molecular complexity index is 580. The molecule has 0 atom stereocenters. The van der Waals surface area contributed by atoms with Gasteiger partial charge in [-0.15, -0.1) is 15.0 Å². The number of aromatic nitrogens is 4. The number of likely N-dealkylation sites (N-methyl/N-ethyl adjacent to an activating group) is 1. The van der Waals surface area contributed by atoms with Gasteiger partial charge in [-0.2, -0.15) is 0 Å². The van der Waals surface area contributed by atoms with Gasteiger partial charge in [0.2, 0.25) is 0 Å². The molecule has 8 heteroatoms. The van der Waals surface area contributed by atoms with Crippen LogP contribution in [-0.2, 0) is 0 Å². The molecule has 0 fully saturated rings. The predicted molar refractivity (Wildman–Crippen MR) is 75.1 cm³/mol. The molecule has 1 aromatic carbocycles. The maximum absolute atomic E-state index is 11.8. The summed E-state index contributed by atoms with van der Waals surface area (Å²) < 4.78 is 0. The number of nitrogens with one attached hydrogen (secondary N) is 1. The molecule has 1 heterocycles. The lowest BCUT2D eigenvalue weighted by atomic mass is 10.3. The van der Waals surface area contributed by atoms with Crippen LogP contribution >= 0.6 is 11.6 Å². The second-order valence-electron chi connectivity index (χ2n) is 4.44. The fourth-order valence-electron chi connectivity index (χ4n) is 1.46. The lowest BCUT2D eigenvalue weighted by Gasteiger charge is -2.08. The van der Waals surface area contributed by atoms with Crippen LogP contribution in [0.2, 0.25) is 5.02 Å². The molecule has 0 unspecified atom stereocenters. The van der Waals surface area contributed by atoms with E-state index in [1.807, 2.05) is 19.0 Å². The average molecular weight is 295 g/mol. The number of halogens is 1. The molecule has 0 aliphatic carbocycles. The Labute approximate surface area is 121 Å². The minimum absolute atomic E-state index is 0.0405. The molecule has 0 spiro atoms. The SMILES string of the molecule is CN(C)CCNC(=O)c1nnn(-c2ccc(Cl)cc2)n1. The van der Waals surface area contributed by atoms with Crippen LogP contribution in [0.5, 0.6) is 0 Å². The summed E-state index contributed by atoms with van der Waals surface area (Å²) in [5.74, 6) is -0.300. The van der Waals surface area contributed by atoms with Gasteiger partial charge in [0.05, 0.1) is 5.69 Å². The topological polar surface area (TPSA) is 75.9 Å². The van der Waals surface area contributed by atoms with Crippen LogP contribution in [0, 0.1) is 0 Å². The molecule has 0 bridgehead atoms. The van der Waals surface area contributed by atoms with Crippen LogP contribution in [0.1, 0.15) is 10.6 Å². The zero-order valence-electron chi connectivity index (χ0n) is 11.2. The number of amides is 1. The first-order valence-corrected chi connectivity index (χ1v) is 6.43. The fourth-order valence-corrected chi connectivity index (χ4v) is 1.59. The second-order valence-corrected chi connectivity index (χ2v) is 4.87. The predicted octanol–water partition coefficient (Wildman–Crippen LogP) is 0.607. The second kappa shape index (κ2) is 6.44. The molecule has 2 rings (SSSR count). The first-order valence-electron chi connectivity index (χ1n) is 6.05. The van der Waals surface area contributed by atoms with E-state index in [4.69, 9.17) is 11.6 Å². The minimum Gasteiger partial charge on any atom is -0.348 e. The van der Waals surface area contributed by atoms with Crippen LogP contribution in [0.3, 0.4) is 0 Å². The minimum atomic E-state index is -0.341. The Morgan fingerprint density at radius 3 is 2.70 bits per heavy atom. The third-order valence-electron chi connectivity index (χ3n) is 2.52. The lowest BCUT2D eigenvalue weighted by Crippen LogP contribution is -2.32. The molecule has 1 amide bonds. The van der Waals surface area contributed by atoms with Crippen LogP contribution < -0.4 is 5.32 Å². The standard InChI is InChI=1S/C12H15ClN6O/c1-18(2)8-7-14-12(20)11-15-17-19(16-11)10-5-3-9(13)4-6-10/h3-6H,7-8H2,1-2H3,(H,14,20). The molecular formula is C12H15ClN6O. The first kappa shape index (κ1) is 14.4. The third kappa shape index (κ3) is 3.75. The summed E-state index contributed by atoms with van der Waals surface area (Å²) in [5.41, 5.74) is 0.689. The van der Waals surface area contributed by atoms with E-state index in [1.54, 1.807) is 24.3 Å². The highest BCUT2D eigenvalue weighted by Gasteiger charge is 2.13. The largest absolute Gasteiger partial charge is 0.348 e. The van der Waals surface area contributed by atoms with Gasteiger partial charge in [-0.3, -0.25) is 4.79 Å². The van der Waals surface area contributed by atoms with E-state index in [9.17, 15) is 4.79 Å². The van der Waals surface area contributed by atoms with Gasteiger partial charge in [-0.05, 0) is 43.6 Å². The molecule has 106 valence electrons. The highest BCUT2D eigenvalue weighted by molar-refractivity contribution is 6.30. The zero-order valence-corrected chi connectivity index (χ0v) is 12.0. The molecule has 20 heavy (non-hydrogen) atoms. The fraction of sp³-hybridized carbons (Fsp3) is 0.333. The van der Waals surface area contributed by atoms with Crippen molar-refractivity contribution in [1.82, 2.24) is 30.4 Å². The number of hydrogen-bond acceptors (Lipinski definition) is 5. The molecule has 7 nitrogen and oxygen atoms in total. The highest BCUT2D eigenvalue weighted by atomic mass is 35.5. The van der Waals surface area contributed by atoms with Gasteiger partial charge in [0.1, 0.15) is 0 Å². The van der Waals surface area contributed by atoms with Crippen molar-refractivity contribution >= 4 is 17.5 Å². The maximum Gasteiger partial charge on any atom is 0.292 e. The van der Waals surface area contributed by atoms with Gasteiger partial charge in [0.15, 0.2) is 0 Å². The van der Waals surface area contributed by atoms with E-state index in [-0.39, 0.29) is 11.7 Å². The van der Waals surface area contributed by atoms with Crippen molar-refractivity contribution in [2.24, 2.45) is 0 Å². The molecule has 2 aromatic rings. The van der Waals surface area contributed by atoms with E-state index in [0.29, 0.717) is 17.3 Å². The van der Waals surface area contributed by atoms with Crippen molar-refractivity contribution in [3.8, 4) is 5.69 Å². The number of carbonyl (C=O) groups is 1. The number of carbonyl (C=O) groups excluding carboxylic acids is 1. The van der Waals surface area contributed by atoms with Crippen molar-refractivity contribution in [3.05, 3.63) is 35.1 Å². The molecule has 1 N–H and O–H groups in total. The first-order chi connectivity index (χ1) is 9.56. The molecule has 1 aromatic heterocycles. The van der Waals surface area contributed by atoms with Crippen molar-refractivity contribution in [2.45, 2.75) is 0 Å². The van der Waals surface area contributed by atoms with Crippen molar-refractivity contribution in [1.29, 1.82) is 0 Å². The van der Waals surface area contributed by atoms with Crippen LogP contribution in [0.4, 0.5) is 0 Å². The van der Waals surface area contributed by atoms with Crippen molar-refractivity contribution < 1.29 is 4.79 Å². The third-order valence-corrected chi connectivity index (χ3v) is 2.77. The summed E-state index contributed by atoms with van der Waals surface area (Å²) in [6, 6.07) is 6.93.